The van der Waals surface area contributed by atoms with Gasteiger partial charge in [-0.1, -0.05) is 23.2 Å². The number of nitro groups is 1. The van der Waals surface area contributed by atoms with Gasteiger partial charge >= 0.3 is 0 Å². The molecule has 0 fully saturated rings. The monoisotopic (exact) mass is 524 g/mol. The van der Waals surface area contributed by atoms with Crippen LogP contribution in [-0.4, -0.2) is 11.5 Å². The molecule has 0 unspecified atom stereocenters. The number of non-ortho nitro benzene ring substituents is 1. The fourth-order valence-corrected chi connectivity index (χ4v) is 3.91. The van der Waals surface area contributed by atoms with E-state index in [1.807, 2.05) is 25.1 Å². The second-order valence-electron chi connectivity index (χ2n) is 6.53. The lowest BCUT2D eigenvalue weighted by Crippen LogP contribution is -2.04. The third-order valence-corrected chi connectivity index (χ3v) is 5.45. The first-order valence-corrected chi connectivity index (χ1v) is 10.9. The molecule has 0 radical (unpaired) electrons. The number of hydrogen-bond donors (Lipinski definition) is 1. The van der Waals surface area contributed by atoms with Gasteiger partial charge < -0.3 is 14.8 Å². The minimum absolute atomic E-state index is 0.0394. The van der Waals surface area contributed by atoms with E-state index in [4.69, 9.17) is 32.7 Å². The van der Waals surface area contributed by atoms with E-state index in [1.165, 1.54) is 12.1 Å². The van der Waals surface area contributed by atoms with Crippen LogP contribution in [0.15, 0.2) is 59.1 Å². The Morgan fingerprint density at radius 3 is 2.42 bits per heavy atom. The lowest BCUT2D eigenvalue weighted by molar-refractivity contribution is -0.384. The van der Waals surface area contributed by atoms with Gasteiger partial charge in [-0.2, -0.15) is 0 Å². The van der Waals surface area contributed by atoms with Crippen LogP contribution in [0.2, 0.25) is 10.0 Å². The van der Waals surface area contributed by atoms with E-state index in [2.05, 4.69) is 21.2 Å². The number of ether oxygens (including phenoxy) is 2. The van der Waals surface area contributed by atoms with Crippen molar-refractivity contribution in [2.24, 2.45) is 0 Å². The first kappa shape index (κ1) is 23.2. The zero-order chi connectivity index (χ0) is 22.4. The van der Waals surface area contributed by atoms with E-state index < -0.39 is 4.92 Å². The van der Waals surface area contributed by atoms with Crippen molar-refractivity contribution in [1.29, 1.82) is 0 Å². The predicted octanol–water partition coefficient (Wildman–Crippen LogP) is 7.25. The van der Waals surface area contributed by atoms with Crippen LogP contribution in [0.4, 0.5) is 11.4 Å². The number of nitrogens with zero attached hydrogens (tertiary/aromatic N) is 1. The Morgan fingerprint density at radius 2 is 1.77 bits per heavy atom. The Balaban J connectivity index is 1.74. The van der Waals surface area contributed by atoms with Crippen LogP contribution in [0.25, 0.3) is 0 Å². The summed E-state index contributed by atoms with van der Waals surface area (Å²) in [7, 11) is 0. The smallest absolute Gasteiger partial charge is 0.269 e. The highest BCUT2D eigenvalue weighted by Gasteiger charge is 2.14. The van der Waals surface area contributed by atoms with Gasteiger partial charge in [0.25, 0.3) is 5.69 Å². The van der Waals surface area contributed by atoms with Crippen molar-refractivity contribution in [3.05, 3.63) is 90.4 Å². The number of hydrogen-bond acceptors (Lipinski definition) is 5. The maximum absolute atomic E-state index is 10.8. The molecule has 1 N–H and O–H groups in total. The molecule has 0 atom stereocenters. The normalized spacial score (nSPS) is 10.6. The van der Waals surface area contributed by atoms with Crippen LogP contribution in [0.5, 0.6) is 11.5 Å². The summed E-state index contributed by atoms with van der Waals surface area (Å²) in [6.45, 7) is 3.13. The van der Waals surface area contributed by atoms with Crippen molar-refractivity contribution >= 4 is 50.5 Å². The van der Waals surface area contributed by atoms with Crippen molar-refractivity contribution in [3.63, 3.8) is 0 Å². The fraction of sp³-hybridized carbons (Fsp3) is 0.182. The third-order valence-electron chi connectivity index (χ3n) is 4.31. The van der Waals surface area contributed by atoms with E-state index in [-0.39, 0.29) is 12.3 Å². The van der Waals surface area contributed by atoms with E-state index in [0.717, 1.165) is 21.3 Å². The summed E-state index contributed by atoms with van der Waals surface area (Å²) in [6, 6.07) is 15.4. The molecule has 3 aromatic carbocycles. The van der Waals surface area contributed by atoms with Gasteiger partial charge in [0.1, 0.15) is 6.61 Å². The van der Waals surface area contributed by atoms with Crippen molar-refractivity contribution in [2.75, 3.05) is 11.9 Å². The van der Waals surface area contributed by atoms with Crippen LogP contribution in [-0.2, 0) is 13.2 Å². The highest BCUT2D eigenvalue weighted by Crippen LogP contribution is 2.38. The Morgan fingerprint density at radius 1 is 1.03 bits per heavy atom. The second kappa shape index (κ2) is 10.7. The van der Waals surface area contributed by atoms with E-state index in [1.54, 1.807) is 24.3 Å². The van der Waals surface area contributed by atoms with Crippen LogP contribution in [0.1, 0.15) is 18.1 Å². The number of rotatable bonds is 9. The van der Waals surface area contributed by atoms with E-state index in [9.17, 15) is 10.1 Å². The largest absolute Gasteiger partial charge is 0.490 e. The molecule has 9 heteroatoms. The molecule has 0 amide bonds. The molecule has 0 bridgehead atoms. The average molecular weight is 526 g/mol. The van der Waals surface area contributed by atoms with Crippen LogP contribution >= 0.6 is 39.1 Å². The number of nitro benzene ring substituents is 1. The van der Waals surface area contributed by atoms with E-state index >= 15 is 0 Å². The molecular weight excluding hydrogens is 507 g/mol. The lowest BCUT2D eigenvalue weighted by atomic mass is 10.2. The maximum atomic E-state index is 10.8. The van der Waals surface area contributed by atoms with Crippen LogP contribution < -0.4 is 14.8 Å². The van der Waals surface area contributed by atoms with Gasteiger partial charge in [-0.05, 0) is 76.4 Å². The van der Waals surface area contributed by atoms with Crippen LogP contribution in [0, 0.1) is 10.1 Å². The summed E-state index contributed by atoms with van der Waals surface area (Å²) in [4.78, 5) is 10.4. The molecule has 6 nitrogen and oxygen atoms in total. The first-order chi connectivity index (χ1) is 14.9. The quantitative estimate of drug-likeness (QED) is 0.235. The Labute approximate surface area is 198 Å². The zero-order valence-electron chi connectivity index (χ0n) is 16.5. The van der Waals surface area contributed by atoms with Crippen molar-refractivity contribution in [1.82, 2.24) is 0 Å². The summed E-state index contributed by atoms with van der Waals surface area (Å²) >= 11 is 15.7. The molecule has 0 aromatic heterocycles. The fourth-order valence-electron chi connectivity index (χ4n) is 2.83. The standard InChI is InChI=1S/C22H19BrCl2N2O4/c1-2-30-21-10-15(12-26-20-8-5-16(24)11-19(20)25)9-18(23)22(21)31-13-14-3-6-17(7-4-14)27(28)29/h3-11,26H,2,12-13H2,1H3. The van der Waals surface area contributed by atoms with E-state index in [0.29, 0.717) is 34.7 Å². The predicted molar refractivity (Wildman–Crippen MR) is 127 cm³/mol. The maximum Gasteiger partial charge on any atom is 0.269 e. The second-order valence-corrected chi connectivity index (χ2v) is 8.23. The third kappa shape index (κ3) is 6.26. The van der Waals surface area contributed by atoms with Crippen molar-refractivity contribution in [2.45, 2.75) is 20.1 Å². The number of nitrogens with one attached hydrogen (secondary N) is 1. The molecule has 31 heavy (non-hydrogen) atoms. The van der Waals surface area contributed by atoms with Crippen LogP contribution in [0.3, 0.4) is 0 Å². The SMILES string of the molecule is CCOc1cc(CNc2ccc(Cl)cc2Cl)cc(Br)c1OCc1ccc([N+](=O)[O-])cc1. The van der Waals surface area contributed by atoms with Crippen molar-refractivity contribution < 1.29 is 14.4 Å². The summed E-state index contributed by atoms with van der Waals surface area (Å²) in [6.07, 6.45) is 0. The molecule has 0 aliphatic rings. The number of halogens is 3. The molecule has 0 spiro atoms. The number of benzene rings is 3. The van der Waals surface area contributed by atoms with Crippen molar-refractivity contribution in [3.8, 4) is 11.5 Å². The van der Waals surface area contributed by atoms with Gasteiger partial charge in [-0.3, -0.25) is 10.1 Å². The van der Waals surface area contributed by atoms with Gasteiger partial charge in [0, 0.05) is 23.7 Å². The zero-order valence-corrected chi connectivity index (χ0v) is 19.6. The van der Waals surface area contributed by atoms with Gasteiger partial charge in [0.2, 0.25) is 0 Å². The molecular formula is C22H19BrCl2N2O4. The number of anilines is 1. The molecule has 0 heterocycles. The van der Waals surface area contributed by atoms with Gasteiger partial charge in [-0.25, -0.2) is 0 Å². The molecule has 3 rings (SSSR count). The summed E-state index contributed by atoms with van der Waals surface area (Å²) in [5.74, 6) is 1.16. The Bertz CT molecular complexity index is 1080. The van der Waals surface area contributed by atoms with Gasteiger partial charge in [0.05, 0.1) is 26.7 Å². The Kier molecular flexibility index (Phi) is 8.01. The molecule has 3 aromatic rings. The highest BCUT2D eigenvalue weighted by molar-refractivity contribution is 9.10. The average Bonchev–Trinajstić information content (AvgIpc) is 2.73. The molecule has 162 valence electrons. The van der Waals surface area contributed by atoms with Gasteiger partial charge in [0.15, 0.2) is 11.5 Å². The summed E-state index contributed by atoms with van der Waals surface area (Å²) < 4.78 is 12.5. The topological polar surface area (TPSA) is 73.6 Å². The molecule has 0 aliphatic carbocycles. The molecule has 0 saturated heterocycles. The highest BCUT2D eigenvalue weighted by atomic mass is 79.9. The lowest BCUT2D eigenvalue weighted by Gasteiger charge is -2.16. The first-order valence-electron chi connectivity index (χ1n) is 9.37. The minimum Gasteiger partial charge on any atom is -0.490 e. The summed E-state index contributed by atoms with van der Waals surface area (Å²) in [5, 5.41) is 15.2. The molecule has 0 aliphatic heterocycles. The van der Waals surface area contributed by atoms with Gasteiger partial charge in [-0.15, -0.1) is 0 Å². The molecule has 0 saturated carbocycles. The summed E-state index contributed by atoms with van der Waals surface area (Å²) in [5.41, 5.74) is 2.59. The Hall–Kier alpha value is -2.48. The minimum atomic E-state index is -0.432.